The predicted octanol–water partition coefficient (Wildman–Crippen LogP) is 1.80. The highest BCUT2D eigenvalue weighted by Crippen LogP contribution is 2.22. The number of rotatable bonds is 1. The Bertz CT molecular complexity index is 150. The Kier molecular flexibility index (Phi) is 2.92. The minimum Gasteiger partial charge on any atom is -0.387 e. The lowest BCUT2D eigenvalue weighted by Gasteiger charge is -2.16. The second-order valence-electron chi connectivity index (χ2n) is 3.70. The van der Waals surface area contributed by atoms with Gasteiger partial charge in [-0.1, -0.05) is 13.8 Å². The lowest BCUT2D eigenvalue weighted by molar-refractivity contribution is 0.352. The van der Waals surface area contributed by atoms with Crippen LogP contribution < -0.4 is 5.73 Å². The highest BCUT2D eigenvalue weighted by molar-refractivity contribution is 5.80. The van der Waals surface area contributed by atoms with Gasteiger partial charge < -0.3 is 5.73 Å². The average Bonchev–Trinajstić information content (AvgIpc) is 2.13. The van der Waals surface area contributed by atoms with Crippen LogP contribution in [0.3, 0.4) is 0 Å². The van der Waals surface area contributed by atoms with Crippen LogP contribution in [0, 0.1) is 11.8 Å². The van der Waals surface area contributed by atoms with Crippen LogP contribution >= 0.6 is 0 Å². The summed E-state index contributed by atoms with van der Waals surface area (Å²) in [7, 11) is 0. The van der Waals surface area contributed by atoms with Crippen molar-refractivity contribution in [3.8, 4) is 0 Å². The van der Waals surface area contributed by atoms with Gasteiger partial charge in [0.05, 0.1) is 5.84 Å². The Morgan fingerprint density at radius 1 is 1.45 bits per heavy atom. The fourth-order valence-electron chi connectivity index (χ4n) is 1.60. The summed E-state index contributed by atoms with van der Waals surface area (Å²) in [6, 6.07) is 0. The summed E-state index contributed by atoms with van der Waals surface area (Å²) in [5.74, 6) is 2.48. The third kappa shape index (κ3) is 2.52. The number of amidine groups is 1. The van der Waals surface area contributed by atoms with Crippen LogP contribution in [0.1, 0.15) is 33.1 Å². The van der Waals surface area contributed by atoms with E-state index in [2.05, 4.69) is 18.8 Å². The maximum atomic E-state index is 5.65. The minimum atomic E-state index is 0.788. The molecule has 2 heteroatoms. The summed E-state index contributed by atoms with van der Waals surface area (Å²) < 4.78 is 0. The Morgan fingerprint density at radius 2 is 2.18 bits per heavy atom. The Hall–Kier alpha value is -0.530. The number of nitrogens with two attached hydrogens (primary N) is 1. The smallest absolute Gasteiger partial charge is 0.0937 e. The van der Waals surface area contributed by atoms with E-state index in [1.807, 2.05) is 0 Å². The van der Waals surface area contributed by atoms with Crippen molar-refractivity contribution >= 4 is 5.84 Å². The van der Waals surface area contributed by atoms with E-state index in [9.17, 15) is 0 Å². The molecule has 0 bridgehead atoms. The Labute approximate surface area is 68.9 Å². The molecule has 0 aromatic heterocycles. The van der Waals surface area contributed by atoms with Gasteiger partial charge in [0, 0.05) is 13.0 Å². The topological polar surface area (TPSA) is 38.4 Å². The molecule has 2 nitrogen and oxygen atoms in total. The van der Waals surface area contributed by atoms with E-state index in [1.165, 1.54) is 12.8 Å². The molecule has 1 aliphatic rings. The average molecular weight is 154 g/mol. The van der Waals surface area contributed by atoms with Crippen LogP contribution in [-0.4, -0.2) is 12.4 Å². The van der Waals surface area contributed by atoms with Crippen molar-refractivity contribution in [1.82, 2.24) is 0 Å². The van der Waals surface area contributed by atoms with Crippen molar-refractivity contribution in [1.29, 1.82) is 0 Å². The molecule has 0 amide bonds. The normalized spacial score (nSPS) is 26.5. The molecule has 0 radical (unpaired) electrons. The van der Waals surface area contributed by atoms with Gasteiger partial charge in [-0.2, -0.15) is 0 Å². The first-order valence-corrected chi connectivity index (χ1v) is 4.49. The number of hydrogen-bond acceptors (Lipinski definition) is 2. The third-order valence-corrected chi connectivity index (χ3v) is 2.53. The summed E-state index contributed by atoms with van der Waals surface area (Å²) in [6.07, 6.45) is 3.45. The molecule has 64 valence electrons. The summed E-state index contributed by atoms with van der Waals surface area (Å²) >= 11 is 0. The summed E-state index contributed by atoms with van der Waals surface area (Å²) in [4.78, 5) is 4.25. The van der Waals surface area contributed by atoms with Crippen LogP contribution in [0.5, 0.6) is 0 Å². The molecule has 0 fully saturated rings. The molecular formula is C9H18N2. The largest absolute Gasteiger partial charge is 0.387 e. The first-order chi connectivity index (χ1) is 5.20. The highest BCUT2D eigenvalue weighted by atomic mass is 14.8. The van der Waals surface area contributed by atoms with E-state index in [0.29, 0.717) is 0 Å². The van der Waals surface area contributed by atoms with E-state index in [0.717, 1.165) is 30.6 Å². The van der Waals surface area contributed by atoms with E-state index >= 15 is 0 Å². The first kappa shape index (κ1) is 8.57. The molecule has 0 spiro atoms. The lowest BCUT2D eigenvalue weighted by atomic mass is 9.89. The van der Waals surface area contributed by atoms with Gasteiger partial charge in [-0.3, -0.25) is 4.99 Å². The second kappa shape index (κ2) is 3.74. The number of nitrogens with zero attached hydrogens (tertiary/aromatic N) is 1. The van der Waals surface area contributed by atoms with Gasteiger partial charge in [-0.05, 0) is 24.7 Å². The molecule has 0 saturated heterocycles. The van der Waals surface area contributed by atoms with Gasteiger partial charge in [-0.15, -0.1) is 0 Å². The van der Waals surface area contributed by atoms with Crippen LogP contribution in [0.4, 0.5) is 0 Å². The van der Waals surface area contributed by atoms with Gasteiger partial charge in [-0.25, -0.2) is 0 Å². The molecular weight excluding hydrogens is 136 g/mol. The van der Waals surface area contributed by atoms with Crippen molar-refractivity contribution in [2.24, 2.45) is 22.6 Å². The van der Waals surface area contributed by atoms with Gasteiger partial charge in [0.15, 0.2) is 0 Å². The molecule has 0 saturated carbocycles. The van der Waals surface area contributed by atoms with Crippen molar-refractivity contribution in [2.45, 2.75) is 33.1 Å². The van der Waals surface area contributed by atoms with Crippen molar-refractivity contribution in [2.75, 3.05) is 6.54 Å². The van der Waals surface area contributed by atoms with Crippen LogP contribution in [0.2, 0.25) is 0 Å². The Morgan fingerprint density at radius 3 is 2.82 bits per heavy atom. The maximum Gasteiger partial charge on any atom is 0.0937 e. The summed E-state index contributed by atoms with van der Waals surface area (Å²) in [5.41, 5.74) is 5.65. The molecule has 1 atom stereocenters. The fraction of sp³-hybridized carbons (Fsp3) is 0.889. The molecule has 0 aromatic carbocycles. The summed E-state index contributed by atoms with van der Waals surface area (Å²) in [5, 5.41) is 0. The van der Waals surface area contributed by atoms with E-state index < -0.39 is 0 Å². The minimum absolute atomic E-state index is 0.788. The van der Waals surface area contributed by atoms with Crippen LogP contribution in [-0.2, 0) is 0 Å². The lowest BCUT2D eigenvalue weighted by Crippen LogP contribution is -2.12. The maximum absolute atomic E-state index is 5.65. The second-order valence-corrected chi connectivity index (χ2v) is 3.70. The fourth-order valence-corrected chi connectivity index (χ4v) is 1.60. The Balaban J connectivity index is 2.41. The molecule has 1 heterocycles. The SMILES string of the molecule is CC(C)C1CCN=C(N)CC1. The molecule has 1 rings (SSSR count). The molecule has 0 aromatic rings. The molecule has 1 aliphatic heterocycles. The predicted molar refractivity (Wildman–Crippen MR) is 48.7 cm³/mol. The van der Waals surface area contributed by atoms with Crippen LogP contribution in [0.15, 0.2) is 4.99 Å². The van der Waals surface area contributed by atoms with Crippen molar-refractivity contribution in [3.05, 3.63) is 0 Å². The monoisotopic (exact) mass is 154 g/mol. The highest BCUT2D eigenvalue weighted by Gasteiger charge is 2.15. The van der Waals surface area contributed by atoms with Gasteiger partial charge in [0.25, 0.3) is 0 Å². The van der Waals surface area contributed by atoms with E-state index in [1.54, 1.807) is 0 Å². The van der Waals surface area contributed by atoms with Crippen molar-refractivity contribution < 1.29 is 0 Å². The van der Waals surface area contributed by atoms with E-state index in [-0.39, 0.29) is 0 Å². The van der Waals surface area contributed by atoms with E-state index in [4.69, 9.17) is 5.73 Å². The molecule has 11 heavy (non-hydrogen) atoms. The van der Waals surface area contributed by atoms with Crippen molar-refractivity contribution in [3.63, 3.8) is 0 Å². The molecule has 1 unspecified atom stereocenters. The quantitative estimate of drug-likeness (QED) is 0.614. The van der Waals surface area contributed by atoms with Crippen LogP contribution in [0.25, 0.3) is 0 Å². The zero-order valence-electron chi connectivity index (χ0n) is 7.51. The standard InChI is InChI=1S/C9H18N2/c1-7(2)8-3-4-9(10)11-6-5-8/h7-8H,3-6H2,1-2H3,(H2,10,11). The van der Waals surface area contributed by atoms with Gasteiger partial charge in [0.1, 0.15) is 0 Å². The van der Waals surface area contributed by atoms with Gasteiger partial charge in [0.2, 0.25) is 0 Å². The zero-order valence-corrected chi connectivity index (χ0v) is 7.51. The van der Waals surface area contributed by atoms with Gasteiger partial charge >= 0.3 is 0 Å². The molecule has 2 N–H and O–H groups in total. The third-order valence-electron chi connectivity index (χ3n) is 2.53. The summed E-state index contributed by atoms with van der Waals surface area (Å²) in [6.45, 7) is 5.51. The number of aliphatic imine (C=N–C) groups is 1. The zero-order chi connectivity index (χ0) is 8.27. The number of hydrogen-bond donors (Lipinski definition) is 1. The first-order valence-electron chi connectivity index (χ1n) is 4.49. The molecule has 0 aliphatic carbocycles.